The molecule has 0 radical (unpaired) electrons. The molecule has 1 aliphatic rings. The van der Waals surface area contributed by atoms with Crippen LogP contribution in [0.1, 0.15) is 12.5 Å². The summed E-state index contributed by atoms with van der Waals surface area (Å²) in [6.45, 7) is 2.75. The average Bonchev–Trinajstić information content (AvgIpc) is 2.48. The average molecular weight is 311 g/mol. The van der Waals surface area contributed by atoms with Crippen molar-refractivity contribution in [2.75, 3.05) is 6.61 Å². The minimum atomic E-state index is -1.32. The fraction of sp³-hybridized carbons (Fsp3) is 0.533. The van der Waals surface area contributed by atoms with Gasteiger partial charge in [-0.2, -0.15) is 0 Å². The minimum Gasteiger partial charge on any atom is -0.463 e. The minimum absolute atomic E-state index is 0.389. The maximum Gasteiger partial charge on any atom is 0.223 e. The molecule has 1 heterocycles. The number of aryl methyl sites for hydroxylation is 1. The lowest BCUT2D eigenvalue weighted by Gasteiger charge is -2.42. The van der Waals surface area contributed by atoms with Crippen LogP contribution in [0, 0.1) is 6.92 Å². The summed E-state index contributed by atoms with van der Waals surface area (Å²) < 4.78 is 11.1. The zero-order valence-corrected chi connectivity index (χ0v) is 12.5. The Morgan fingerprint density at radius 2 is 1.91 bits per heavy atom. The highest BCUT2D eigenvalue weighted by molar-refractivity contribution is 5.73. The van der Waals surface area contributed by atoms with Gasteiger partial charge in [0.2, 0.25) is 12.2 Å². The third-order valence-corrected chi connectivity index (χ3v) is 3.52. The second kappa shape index (κ2) is 7.06. The van der Waals surface area contributed by atoms with Crippen molar-refractivity contribution in [3.05, 3.63) is 29.8 Å². The van der Waals surface area contributed by atoms with Gasteiger partial charge in [-0.25, -0.2) is 0 Å². The summed E-state index contributed by atoms with van der Waals surface area (Å²) in [5.74, 6) is 0.103. The van der Waals surface area contributed by atoms with Crippen molar-refractivity contribution >= 4 is 5.91 Å². The number of rotatable bonds is 4. The summed E-state index contributed by atoms with van der Waals surface area (Å²) in [4.78, 5) is 11.3. The first-order valence-corrected chi connectivity index (χ1v) is 7.05. The monoisotopic (exact) mass is 311 g/mol. The highest BCUT2D eigenvalue weighted by Crippen LogP contribution is 2.24. The molecule has 0 spiro atoms. The lowest BCUT2D eigenvalue weighted by Crippen LogP contribution is -2.65. The highest BCUT2D eigenvalue weighted by Gasteiger charge is 2.46. The lowest BCUT2D eigenvalue weighted by molar-refractivity contribution is -0.244. The summed E-state index contributed by atoms with van der Waals surface area (Å²) in [5.41, 5.74) is 1.05. The van der Waals surface area contributed by atoms with Crippen LogP contribution >= 0.6 is 0 Å². The normalized spacial score (nSPS) is 31.6. The van der Waals surface area contributed by atoms with Crippen molar-refractivity contribution in [3.8, 4) is 5.75 Å². The van der Waals surface area contributed by atoms with Gasteiger partial charge >= 0.3 is 0 Å². The van der Waals surface area contributed by atoms with Gasteiger partial charge in [-0.15, -0.1) is 0 Å². The van der Waals surface area contributed by atoms with Gasteiger partial charge < -0.3 is 30.1 Å². The van der Waals surface area contributed by atoms with E-state index in [1.54, 1.807) is 12.1 Å². The van der Waals surface area contributed by atoms with Crippen LogP contribution in [-0.2, 0) is 9.53 Å². The van der Waals surface area contributed by atoms with Crippen molar-refractivity contribution in [2.24, 2.45) is 0 Å². The van der Waals surface area contributed by atoms with E-state index in [1.807, 2.05) is 19.1 Å². The fourth-order valence-electron chi connectivity index (χ4n) is 2.32. The molecule has 0 unspecified atom stereocenters. The number of amides is 1. The predicted molar refractivity (Wildman–Crippen MR) is 77.2 cm³/mol. The summed E-state index contributed by atoms with van der Waals surface area (Å²) in [6, 6.07) is 6.21. The number of benzene rings is 1. The number of hydrogen-bond donors (Lipinski definition) is 4. The Morgan fingerprint density at radius 3 is 2.45 bits per heavy atom. The molecule has 0 saturated carbocycles. The summed E-state index contributed by atoms with van der Waals surface area (Å²) in [5, 5.41) is 31.8. The van der Waals surface area contributed by atoms with Crippen LogP contribution in [-0.4, -0.2) is 58.5 Å². The highest BCUT2D eigenvalue weighted by atomic mass is 16.7. The second-order valence-corrected chi connectivity index (χ2v) is 5.36. The number of aliphatic hydroxyl groups excluding tert-OH is 3. The van der Waals surface area contributed by atoms with E-state index in [2.05, 4.69) is 5.32 Å². The molecule has 4 N–H and O–H groups in total. The molecule has 1 amide bonds. The van der Waals surface area contributed by atoms with Crippen LogP contribution in [0.5, 0.6) is 5.75 Å². The van der Waals surface area contributed by atoms with Gasteiger partial charge in [0.1, 0.15) is 30.1 Å². The summed E-state index contributed by atoms with van der Waals surface area (Å²) in [6.07, 6.45) is -4.65. The smallest absolute Gasteiger partial charge is 0.223 e. The van der Waals surface area contributed by atoms with Gasteiger partial charge in [0.25, 0.3) is 0 Å². The van der Waals surface area contributed by atoms with E-state index in [4.69, 9.17) is 9.47 Å². The second-order valence-electron chi connectivity index (χ2n) is 5.36. The molecule has 1 aliphatic heterocycles. The van der Waals surface area contributed by atoms with E-state index in [0.29, 0.717) is 5.75 Å². The Kier molecular flexibility index (Phi) is 5.36. The Hall–Kier alpha value is -1.67. The lowest BCUT2D eigenvalue weighted by atomic mass is 9.97. The standard InChI is InChI=1S/C15H21NO6/c1-8-3-5-10(6-4-8)21-15-12(16-9(2)18)14(20)13(19)11(7-17)22-15/h3-6,11-15,17,19-20H,7H2,1-2H3,(H,16,18)/t11-,12-,13-,14-,15+/m1/s1. The SMILES string of the molecule is CC(=O)N[C@H]1[C@@H](Oc2ccc(C)cc2)O[C@H](CO)[C@@H](O)[C@@H]1O. The maximum atomic E-state index is 11.3. The summed E-state index contributed by atoms with van der Waals surface area (Å²) in [7, 11) is 0. The molecule has 22 heavy (non-hydrogen) atoms. The van der Waals surface area contributed by atoms with E-state index in [1.165, 1.54) is 6.92 Å². The molecule has 122 valence electrons. The molecule has 7 heteroatoms. The topological polar surface area (TPSA) is 108 Å². The van der Waals surface area contributed by atoms with Crippen molar-refractivity contribution in [1.82, 2.24) is 5.32 Å². The molecule has 0 aliphatic carbocycles. The first-order chi connectivity index (χ1) is 10.4. The predicted octanol–water partition coefficient (Wildman–Crippen LogP) is -0.682. The zero-order chi connectivity index (χ0) is 16.3. The van der Waals surface area contributed by atoms with E-state index >= 15 is 0 Å². The summed E-state index contributed by atoms with van der Waals surface area (Å²) >= 11 is 0. The Balaban J connectivity index is 2.18. The number of nitrogens with one attached hydrogen (secondary N) is 1. The number of carbonyl (C=O) groups is 1. The zero-order valence-electron chi connectivity index (χ0n) is 12.5. The van der Waals surface area contributed by atoms with Gasteiger partial charge in [0.15, 0.2) is 0 Å². The first-order valence-electron chi connectivity index (χ1n) is 7.05. The van der Waals surface area contributed by atoms with Gasteiger partial charge in [0.05, 0.1) is 6.61 Å². The first kappa shape index (κ1) is 16.7. The Morgan fingerprint density at radius 1 is 1.27 bits per heavy atom. The fourth-order valence-corrected chi connectivity index (χ4v) is 2.32. The molecule has 0 bridgehead atoms. The van der Waals surface area contributed by atoms with E-state index in [-0.39, 0.29) is 5.91 Å². The number of hydrogen-bond acceptors (Lipinski definition) is 6. The third-order valence-electron chi connectivity index (χ3n) is 3.52. The van der Waals surface area contributed by atoms with Crippen LogP contribution in [0.4, 0.5) is 0 Å². The van der Waals surface area contributed by atoms with Gasteiger partial charge in [0, 0.05) is 6.92 Å². The van der Waals surface area contributed by atoms with Crippen LogP contribution in [0.3, 0.4) is 0 Å². The Bertz CT molecular complexity index is 505. The molecule has 1 aromatic rings. The van der Waals surface area contributed by atoms with Crippen molar-refractivity contribution < 1.29 is 29.6 Å². The molecule has 5 atom stereocenters. The third kappa shape index (κ3) is 3.75. The molecule has 2 rings (SSSR count). The van der Waals surface area contributed by atoms with Gasteiger partial charge in [-0.3, -0.25) is 4.79 Å². The van der Waals surface area contributed by atoms with Crippen LogP contribution < -0.4 is 10.1 Å². The van der Waals surface area contributed by atoms with Crippen LogP contribution in [0.25, 0.3) is 0 Å². The van der Waals surface area contributed by atoms with E-state index in [0.717, 1.165) is 5.56 Å². The molecule has 7 nitrogen and oxygen atoms in total. The van der Waals surface area contributed by atoms with E-state index in [9.17, 15) is 20.1 Å². The van der Waals surface area contributed by atoms with Gasteiger partial charge in [-0.1, -0.05) is 17.7 Å². The molecule has 1 aromatic carbocycles. The molecule has 0 aromatic heterocycles. The van der Waals surface area contributed by atoms with Gasteiger partial charge in [-0.05, 0) is 19.1 Å². The largest absolute Gasteiger partial charge is 0.463 e. The van der Waals surface area contributed by atoms with Crippen molar-refractivity contribution in [1.29, 1.82) is 0 Å². The molecular weight excluding hydrogens is 290 g/mol. The maximum absolute atomic E-state index is 11.3. The van der Waals surface area contributed by atoms with Crippen molar-refractivity contribution in [2.45, 2.75) is 44.5 Å². The van der Waals surface area contributed by atoms with E-state index < -0.39 is 37.3 Å². The van der Waals surface area contributed by atoms with Crippen LogP contribution in [0.15, 0.2) is 24.3 Å². The van der Waals surface area contributed by atoms with Crippen molar-refractivity contribution in [3.63, 3.8) is 0 Å². The van der Waals surface area contributed by atoms with Crippen LogP contribution in [0.2, 0.25) is 0 Å². The number of ether oxygens (including phenoxy) is 2. The Labute approximate surface area is 128 Å². The number of carbonyl (C=O) groups excluding carboxylic acids is 1. The molecular formula is C15H21NO6. The molecule has 1 fully saturated rings. The molecule has 1 saturated heterocycles. The quantitative estimate of drug-likeness (QED) is 0.587. The number of aliphatic hydroxyl groups is 3.